The van der Waals surface area contributed by atoms with E-state index in [0.717, 1.165) is 18.7 Å². The molecule has 1 fully saturated rings. The fraction of sp³-hybridized carbons (Fsp3) is 0.280. The number of hydrogen-bond donors (Lipinski definition) is 1. The van der Waals surface area contributed by atoms with Crippen molar-refractivity contribution in [1.29, 1.82) is 0 Å². The van der Waals surface area contributed by atoms with Crippen molar-refractivity contribution in [1.82, 2.24) is 0 Å². The lowest BCUT2D eigenvalue weighted by Gasteiger charge is -2.28. The highest BCUT2D eigenvalue weighted by Crippen LogP contribution is 2.40. The van der Waals surface area contributed by atoms with Crippen LogP contribution in [0.25, 0.3) is 6.08 Å². The van der Waals surface area contributed by atoms with Gasteiger partial charge in [-0.05, 0) is 62.1 Å². The Morgan fingerprint density at radius 2 is 1.81 bits per heavy atom. The quantitative estimate of drug-likeness (QED) is 0.596. The van der Waals surface area contributed by atoms with E-state index in [1.54, 1.807) is 6.92 Å². The van der Waals surface area contributed by atoms with E-state index < -0.39 is 5.97 Å². The fourth-order valence-corrected chi connectivity index (χ4v) is 4.73. The first kappa shape index (κ1) is 21.2. The Labute approximate surface area is 187 Å². The molecular weight excluding hydrogens is 408 g/mol. The van der Waals surface area contributed by atoms with Crippen LogP contribution in [0.4, 0.5) is 11.4 Å². The maximum Gasteiger partial charge on any atom is 0.344 e. The number of benzene rings is 2. The standard InChI is InChI=1S/C25H26N2O3S/c1-2-30-25(29)22-23(28)21(31-24(22)26-19-9-5-3-6-10-19)17-18-11-13-20(14-12-18)27-15-7-4-8-16-27/h3,5-6,9-14,17,28H,2,4,7-8,15-16H2,1H3/b21-17-,26-24?. The average molecular weight is 435 g/mol. The van der Waals surface area contributed by atoms with E-state index in [-0.39, 0.29) is 17.9 Å². The van der Waals surface area contributed by atoms with Gasteiger partial charge in [0, 0.05) is 18.8 Å². The third-order valence-corrected chi connectivity index (χ3v) is 6.29. The van der Waals surface area contributed by atoms with Gasteiger partial charge < -0.3 is 14.7 Å². The van der Waals surface area contributed by atoms with Gasteiger partial charge in [0.15, 0.2) is 0 Å². The topological polar surface area (TPSA) is 62.1 Å². The van der Waals surface area contributed by atoms with Gasteiger partial charge >= 0.3 is 5.97 Å². The highest BCUT2D eigenvalue weighted by molar-refractivity contribution is 8.18. The number of carbonyl (C=O) groups is 1. The van der Waals surface area contributed by atoms with Crippen molar-refractivity contribution in [3.8, 4) is 0 Å². The number of aliphatic hydroxyl groups excluding tert-OH is 1. The van der Waals surface area contributed by atoms with Crippen molar-refractivity contribution in [3.63, 3.8) is 0 Å². The SMILES string of the molecule is CCOC(=O)C1=C(O)/C(=C/c2ccc(N3CCCCC3)cc2)SC1=Nc1ccccc1. The molecule has 0 amide bonds. The zero-order valence-electron chi connectivity index (χ0n) is 17.6. The lowest BCUT2D eigenvalue weighted by Crippen LogP contribution is -2.29. The number of aliphatic hydroxyl groups is 1. The number of esters is 1. The lowest BCUT2D eigenvalue weighted by molar-refractivity contribution is -0.138. The first-order chi connectivity index (χ1) is 15.2. The van der Waals surface area contributed by atoms with Crippen LogP contribution < -0.4 is 4.90 Å². The summed E-state index contributed by atoms with van der Waals surface area (Å²) in [5, 5.41) is 11.3. The smallest absolute Gasteiger partial charge is 0.344 e. The van der Waals surface area contributed by atoms with Crippen molar-refractivity contribution in [2.24, 2.45) is 4.99 Å². The molecule has 6 heteroatoms. The summed E-state index contributed by atoms with van der Waals surface area (Å²) in [6.07, 6.45) is 5.66. The minimum atomic E-state index is -0.564. The first-order valence-electron chi connectivity index (χ1n) is 10.6. The van der Waals surface area contributed by atoms with Crippen LogP contribution in [-0.2, 0) is 9.53 Å². The Balaban J connectivity index is 1.62. The molecule has 2 aliphatic rings. The second kappa shape index (κ2) is 9.88. The minimum absolute atomic E-state index is 0.0850. The van der Waals surface area contributed by atoms with Gasteiger partial charge in [0.1, 0.15) is 16.4 Å². The molecule has 0 bridgehead atoms. The molecule has 0 unspecified atom stereocenters. The van der Waals surface area contributed by atoms with E-state index in [4.69, 9.17) is 4.74 Å². The molecule has 2 heterocycles. The number of anilines is 1. The van der Waals surface area contributed by atoms with Crippen molar-refractivity contribution >= 4 is 40.2 Å². The highest BCUT2D eigenvalue weighted by Gasteiger charge is 2.33. The third kappa shape index (κ3) is 5.02. The maximum atomic E-state index is 12.5. The highest BCUT2D eigenvalue weighted by atomic mass is 32.2. The minimum Gasteiger partial charge on any atom is -0.506 e. The Morgan fingerprint density at radius 1 is 1.10 bits per heavy atom. The number of piperidine rings is 1. The molecule has 0 radical (unpaired) electrons. The molecule has 1 saturated heterocycles. The largest absolute Gasteiger partial charge is 0.506 e. The number of hydrogen-bond acceptors (Lipinski definition) is 6. The van der Waals surface area contributed by atoms with Crippen LogP contribution in [0.2, 0.25) is 0 Å². The Morgan fingerprint density at radius 3 is 2.48 bits per heavy atom. The van der Waals surface area contributed by atoms with Crippen LogP contribution >= 0.6 is 11.8 Å². The maximum absolute atomic E-state index is 12.5. The zero-order valence-corrected chi connectivity index (χ0v) is 18.4. The molecule has 0 atom stereocenters. The molecule has 31 heavy (non-hydrogen) atoms. The third-order valence-electron chi connectivity index (χ3n) is 5.27. The van der Waals surface area contributed by atoms with Crippen LogP contribution in [0.5, 0.6) is 0 Å². The van der Waals surface area contributed by atoms with E-state index in [1.165, 1.54) is 36.7 Å². The summed E-state index contributed by atoms with van der Waals surface area (Å²) in [4.78, 5) is 20.1. The molecule has 5 nitrogen and oxygen atoms in total. The van der Waals surface area contributed by atoms with Gasteiger partial charge in [-0.25, -0.2) is 9.79 Å². The van der Waals surface area contributed by atoms with Crippen LogP contribution in [0.15, 0.2) is 75.8 Å². The summed E-state index contributed by atoms with van der Waals surface area (Å²) in [7, 11) is 0. The molecule has 1 N–H and O–H groups in total. The normalized spacial score (nSPS) is 19.3. The molecule has 0 saturated carbocycles. The van der Waals surface area contributed by atoms with Crippen LogP contribution in [-0.4, -0.2) is 35.8 Å². The molecule has 2 aliphatic heterocycles. The molecule has 4 rings (SSSR count). The first-order valence-corrected chi connectivity index (χ1v) is 11.5. The molecule has 2 aromatic rings. The van der Waals surface area contributed by atoms with Gasteiger partial charge in [-0.3, -0.25) is 0 Å². The van der Waals surface area contributed by atoms with Crippen LogP contribution in [0, 0.1) is 0 Å². The zero-order chi connectivity index (χ0) is 21.6. The summed E-state index contributed by atoms with van der Waals surface area (Å²) in [6, 6.07) is 17.7. The van der Waals surface area contributed by atoms with E-state index >= 15 is 0 Å². The fourth-order valence-electron chi connectivity index (χ4n) is 3.70. The Hall–Kier alpha value is -2.99. The van der Waals surface area contributed by atoms with Gasteiger partial charge in [-0.1, -0.05) is 42.1 Å². The van der Waals surface area contributed by atoms with Gasteiger partial charge in [-0.2, -0.15) is 0 Å². The Bertz CT molecular complexity index is 1020. The second-order valence-corrected chi connectivity index (χ2v) is 8.48. The van der Waals surface area contributed by atoms with E-state index in [2.05, 4.69) is 22.0 Å². The van der Waals surface area contributed by atoms with Crippen LogP contribution in [0.1, 0.15) is 31.7 Å². The van der Waals surface area contributed by atoms with Crippen molar-refractivity contribution in [3.05, 3.63) is 76.4 Å². The molecule has 0 spiro atoms. The number of thioether (sulfide) groups is 1. The lowest BCUT2D eigenvalue weighted by atomic mass is 10.1. The summed E-state index contributed by atoms with van der Waals surface area (Å²) in [5.41, 5.74) is 3.01. The molecule has 160 valence electrons. The average Bonchev–Trinajstić information content (AvgIpc) is 3.10. The predicted molar refractivity (Wildman–Crippen MR) is 128 cm³/mol. The van der Waals surface area contributed by atoms with Gasteiger partial charge in [0.25, 0.3) is 0 Å². The summed E-state index contributed by atoms with van der Waals surface area (Å²) in [5.74, 6) is -0.649. The number of aliphatic imine (C=N–C) groups is 1. The Kier molecular flexibility index (Phi) is 6.77. The van der Waals surface area contributed by atoms with E-state index in [0.29, 0.717) is 15.6 Å². The van der Waals surface area contributed by atoms with Crippen molar-refractivity contribution < 1.29 is 14.6 Å². The number of carbonyl (C=O) groups excluding carboxylic acids is 1. The summed E-state index contributed by atoms with van der Waals surface area (Å²) in [6.45, 7) is 4.17. The van der Waals surface area contributed by atoms with Crippen molar-refractivity contribution in [2.75, 3.05) is 24.6 Å². The van der Waals surface area contributed by atoms with Gasteiger partial charge in [0.2, 0.25) is 0 Å². The monoisotopic (exact) mass is 434 g/mol. The molecule has 0 aliphatic carbocycles. The number of ether oxygens (including phenoxy) is 1. The van der Waals surface area contributed by atoms with Gasteiger partial charge in [-0.15, -0.1) is 0 Å². The molecular formula is C25H26N2O3S. The molecule has 0 aromatic heterocycles. The predicted octanol–water partition coefficient (Wildman–Crippen LogP) is 5.87. The van der Waals surface area contributed by atoms with E-state index in [1.807, 2.05) is 48.5 Å². The number of para-hydroxylation sites is 1. The summed E-state index contributed by atoms with van der Waals surface area (Å²) < 4.78 is 5.16. The van der Waals surface area contributed by atoms with Gasteiger partial charge in [0.05, 0.1) is 17.2 Å². The molecule has 2 aromatic carbocycles. The number of rotatable bonds is 5. The van der Waals surface area contributed by atoms with Crippen LogP contribution in [0.3, 0.4) is 0 Å². The second-order valence-electron chi connectivity index (χ2n) is 7.45. The van der Waals surface area contributed by atoms with Crippen molar-refractivity contribution in [2.45, 2.75) is 26.2 Å². The number of nitrogens with zero attached hydrogens (tertiary/aromatic N) is 2. The summed E-state index contributed by atoms with van der Waals surface area (Å²) >= 11 is 1.28. The van der Waals surface area contributed by atoms with E-state index in [9.17, 15) is 9.90 Å².